The third-order valence-electron chi connectivity index (χ3n) is 5.01. The predicted molar refractivity (Wildman–Crippen MR) is 93.0 cm³/mol. The summed E-state index contributed by atoms with van der Waals surface area (Å²) in [7, 11) is 1.54. The molecular formula is C19H37NO2. The number of methoxy groups -OCH3 is 1. The predicted octanol–water partition coefficient (Wildman–Crippen LogP) is 4.79. The van der Waals surface area contributed by atoms with Crippen LogP contribution in [0.15, 0.2) is 0 Å². The summed E-state index contributed by atoms with van der Waals surface area (Å²) < 4.78 is 5.13. The van der Waals surface area contributed by atoms with Gasteiger partial charge in [-0.05, 0) is 38.3 Å². The number of esters is 1. The van der Waals surface area contributed by atoms with Gasteiger partial charge < -0.3 is 4.74 Å². The Balaban J connectivity index is 2.59. The second kappa shape index (κ2) is 11.9. The minimum Gasteiger partial charge on any atom is -0.468 e. The minimum atomic E-state index is -0.0190. The molecule has 1 aliphatic rings. The van der Waals surface area contributed by atoms with Gasteiger partial charge in [-0.1, -0.05) is 65.2 Å². The van der Waals surface area contributed by atoms with Gasteiger partial charge in [-0.15, -0.1) is 0 Å². The molecule has 0 aromatic carbocycles. The molecule has 0 aromatic rings. The Morgan fingerprint density at radius 3 is 2.36 bits per heavy atom. The second-order valence-electron chi connectivity index (χ2n) is 6.88. The molecule has 0 spiro atoms. The molecule has 0 aliphatic heterocycles. The van der Waals surface area contributed by atoms with Crippen molar-refractivity contribution in [2.75, 3.05) is 20.2 Å². The Bertz CT molecular complexity index is 287. The van der Waals surface area contributed by atoms with E-state index in [1.165, 1.54) is 64.9 Å². The van der Waals surface area contributed by atoms with Crippen LogP contribution in [0, 0.1) is 5.92 Å². The zero-order valence-corrected chi connectivity index (χ0v) is 15.1. The molecule has 22 heavy (non-hydrogen) atoms. The fraction of sp³-hybridized carbons (Fsp3) is 0.947. The van der Waals surface area contributed by atoms with E-state index in [9.17, 15) is 4.79 Å². The van der Waals surface area contributed by atoms with E-state index in [2.05, 4.69) is 18.7 Å². The van der Waals surface area contributed by atoms with E-state index in [0.29, 0.717) is 5.92 Å². The summed E-state index contributed by atoms with van der Waals surface area (Å²) in [6, 6.07) is -0.0188. The highest BCUT2D eigenvalue weighted by atomic mass is 16.5. The number of hydrogen-bond acceptors (Lipinski definition) is 3. The van der Waals surface area contributed by atoms with Crippen LogP contribution >= 0.6 is 0 Å². The molecule has 1 unspecified atom stereocenters. The van der Waals surface area contributed by atoms with Crippen LogP contribution in [-0.2, 0) is 9.53 Å². The van der Waals surface area contributed by atoms with E-state index in [4.69, 9.17) is 4.74 Å². The fourth-order valence-corrected chi connectivity index (χ4v) is 3.72. The lowest BCUT2D eigenvalue weighted by Gasteiger charge is -2.33. The number of unbranched alkanes of at least 4 members (excludes halogenated alkanes) is 3. The first-order valence-corrected chi connectivity index (χ1v) is 9.54. The van der Waals surface area contributed by atoms with Crippen molar-refractivity contribution in [2.45, 2.75) is 90.5 Å². The molecule has 1 aliphatic carbocycles. The fourth-order valence-electron chi connectivity index (χ4n) is 3.72. The number of hydrogen-bond donors (Lipinski definition) is 0. The third-order valence-corrected chi connectivity index (χ3v) is 5.01. The Hall–Kier alpha value is -0.570. The number of nitrogens with zero attached hydrogens (tertiary/aromatic N) is 1. The topological polar surface area (TPSA) is 29.5 Å². The van der Waals surface area contributed by atoms with Gasteiger partial charge in [-0.25, -0.2) is 0 Å². The molecule has 1 fully saturated rings. The van der Waals surface area contributed by atoms with Crippen molar-refractivity contribution >= 4 is 5.97 Å². The Morgan fingerprint density at radius 2 is 1.77 bits per heavy atom. The molecule has 130 valence electrons. The second-order valence-corrected chi connectivity index (χ2v) is 6.88. The van der Waals surface area contributed by atoms with Gasteiger partial charge in [0.2, 0.25) is 0 Å². The van der Waals surface area contributed by atoms with E-state index in [0.717, 1.165) is 25.9 Å². The number of ether oxygens (including phenoxy) is 1. The Labute approximate surface area is 137 Å². The highest BCUT2D eigenvalue weighted by Gasteiger charge is 2.29. The Kier molecular flexibility index (Phi) is 10.6. The summed E-state index contributed by atoms with van der Waals surface area (Å²) in [5, 5.41) is 0. The first kappa shape index (κ1) is 19.5. The molecule has 0 radical (unpaired) electrons. The van der Waals surface area contributed by atoms with Gasteiger partial charge in [-0.2, -0.15) is 0 Å². The molecular weight excluding hydrogens is 274 g/mol. The molecule has 0 amide bonds. The van der Waals surface area contributed by atoms with Crippen LogP contribution < -0.4 is 0 Å². The molecule has 3 heteroatoms. The molecule has 0 saturated heterocycles. The maximum absolute atomic E-state index is 12.3. The van der Waals surface area contributed by atoms with Gasteiger partial charge in [0.1, 0.15) is 6.04 Å². The molecule has 0 bridgehead atoms. The quantitative estimate of drug-likeness (QED) is 0.406. The van der Waals surface area contributed by atoms with Gasteiger partial charge in [0, 0.05) is 0 Å². The molecule has 1 atom stereocenters. The molecule has 3 nitrogen and oxygen atoms in total. The van der Waals surface area contributed by atoms with Crippen molar-refractivity contribution in [3.63, 3.8) is 0 Å². The smallest absolute Gasteiger partial charge is 0.323 e. The lowest BCUT2D eigenvalue weighted by Crippen LogP contribution is -2.44. The summed E-state index contributed by atoms with van der Waals surface area (Å²) in [5.41, 5.74) is 0. The van der Waals surface area contributed by atoms with Gasteiger partial charge in [-0.3, -0.25) is 9.69 Å². The van der Waals surface area contributed by atoms with Crippen molar-refractivity contribution in [1.29, 1.82) is 0 Å². The van der Waals surface area contributed by atoms with E-state index in [1.54, 1.807) is 0 Å². The Morgan fingerprint density at radius 1 is 1.05 bits per heavy atom. The summed E-state index contributed by atoms with van der Waals surface area (Å²) in [5.74, 6) is 0.697. The summed E-state index contributed by atoms with van der Waals surface area (Å²) in [4.78, 5) is 14.7. The van der Waals surface area contributed by atoms with Crippen LogP contribution in [0.25, 0.3) is 0 Å². The van der Waals surface area contributed by atoms with Crippen LogP contribution in [0.5, 0.6) is 0 Å². The van der Waals surface area contributed by atoms with Crippen molar-refractivity contribution in [3.8, 4) is 0 Å². The van der Waals surface area contributed by atoms with Crippen molar-refractivity contribution in [1.82, 2.24) is 4.90 Å². The maximum Gasteiger partial charge on any atom is 0.323 e. The largest absolute Gasteiger partial charge is 0.468 e. The summed E-state index contributed by atoms with van der Waals surface area (Å²) >= 11 is 0. The average Bonchev–Trinajstić information content (AvgIpc) is 2.56. The van der Waals surface area contributed by atoms with E-state index in [-0.39, 0.29) is 12.0 Å². The van der Waals surface area contributed by atoms with Gasteiger partial charge >= 0.3 is 5.97 Å². The zero-order valence-electron chi connectivity index (χ0n) is 15.1. The SMILES string of the molecule is CCCCCCN(CCC)C(CC1CCCCC1)C(=O)OC. The lowest BCUT2D eigenvalue weighted by atomic mass is 9.84. The summed E-state index contributed by atoms with van der Waals surface area (Å²) in [6.45, 7) is 6.50. The maximum atomic E-state index is 12.3. The number of carbonyl (C=O) groups is 1. The number of carbonyl (C=O) groups excluding carboxylic acids is 1. The van der Waals surface area contributed by atoms with E-state index >= 15 is 0 Å². The molecule has 0 heterocycles. The van der Waals surface area contributed by atoms with Gasteiger partial charge in [0.25, 0.3) is 0 Å². The van der Waals surface area contributed by atoms with Gasteiger partial charge in [0.05, 0.1) is 7.11 Å². The third kappa shape index (κ3) is 7.13. The van der Waals surface area contributed by atoms with Crippen LogP contribution in [-0.4, -0.2) is 37.1 Å². The molecule has 0 aromatic heterocycles. The van der Waals surface area contributed by atoms with Crippen LogP contribution in [0.4, 0.5) is 0 Å². The minimum absolute atomic E-state index is 0.0188. The summed E-state index contributed by atoms with van der Waals surface area (Å²) in [6.07, 6.45) is 13.8. The van der Waals surface area contributed by atoms with E-state index in [1.807, 2.05) is 0 Å². The molecule has 1 rings (SSSR count). The molecule has 0 N–H and O–H groups in total. The van der Waals surface area contributed by atoms with Crippen LogP contribution in [0.3, 0.4) is 0 Å². The van der Waals surface area contributed by atoms with Crippen molar-refractivity contribution < 1.29 is 9.53 Å². The van der Waals surface area contributed by atoms with Crippen LogP contribution in [0.1, 0.15) is 84.5 Å². The molecule has 1 saturated carbocycles. The monoisotopic (exact) mass is 311 g/mol. The number of rotatable bonds is 11. The van der Waals surface area contributed by atoms with Gasteiger partial charge in [0.15, 0.2) is 0 Å². The first-order chi connectivity index (χ1) is 10.7. The van der Waals surface area contributed by atoms with Crippen molar-refractivity contribution in [2.24, 2.45) is 5.92 Å². The van der Waals surface area contributed by atoms with E-state index < -0.39 is 0 Å². The normalized spacial score (nSPS) is 17.6. The van der Waals surface area contributed by atoms with Crippen molar-refractivity contribution in [3.05, 3.63) is 0 Å². The highest BCUT2D eigenvalue weighted by Crippen LogP contribution is 2.29. The zero-order chi connectivity index (χ0) is 16.2. The standard InChI is InChI=1S/C19H37NO2/c1-4-6-7-11-15-20(14-5-2)18(19(21)22-3)16-17-12-9-8-10-13-17/h17-18H,4-16H2,1-3H3. The van der Waals surface area contributed by atoms with Crippen LogP contribution in [0.2, 0.25) is 0 Å². The lowest BCUT2D eigenvalue weighted by molar-refractivity contribution is -0.148. The first-order valence-electron chi connectivity index (χ1n) is 9.54. The highest BCUT2D eigenvalue weighted by molar-refractivity contribution is 5.75. The average molecular weight is 312 g/mol.